The van der Waals surface area contributed by atoms with Crippen LogP contribution in [0.3, 0.4) is 0 Å². The van der Waals surface area contributed by atoms with Crippen molar-refractivity contribution in [2.75, 3.05) is 7.11 Å². The molecule has 2 aromatic rings. The van der Waals surface area contributed by atoms with Gasteiger partial charge in [-0.15, -0.1) is 0 Å². The highest BCUT2D eigenvalue weighted by atomic mass is 16.5. The van der Waals surface area contributed by atoms with Crippen LogP contribution in [0.4, 0.5) is 0 Å². The lowest BCUT2D eigenvalue weighted by molar-refractivity contribution is 0.402. The summed E-state index contributed by atoms with van der Waals surface area (Å²) in [6.07, 6.45) is 3.62. The minimum absolute atomic E-state index is 0.295. The minimum atomic E-state index is -0.295. The highest BCUT2D eigenvalue weighted by molar-refractivity contribution is 5.34. The van der Waals surface area contributed by atoms with E-state index in [1.165, 1.54) is 0 Å². The highest BCUT2D eigenvalue weighted by Crippen LogP contribution is 2.28. The third kappa shape index (κ3) is 2.56. The summed E-state index contributed by atoms with van der Waals surface area (Å²) >= 11 is 0. The quantitative estimate of drug-likeness (QED) is 0.871. The van der Waals surface area contributed by atoms with Gasteiger partial charge in [-0.2, -0.15) is 10.2 Å². The topological polar surface area (TPSA) is 70.9 Å². The molecule has 0 radical (unpaired) electrons. The van der Waals surface area contributed by atoms with E-state index in [1.54, 1.807) is 13.3 Å². The van der Waals surface area contributed by atoms with E-state index in [9.17, 15) is 0 Å². The van der Waals surface area contributed by atoms with Crippen LogP contribution in [0.1, 0.15) is 43.4 Å². The van der Waals surface area contributed by atoms with Crippen LogP contribution in [0.25, 0.3) is 0 Å². The van der Waals surface area contributed by atoms with Crippen LogP contribution in [0, 0.1) is 0 Å². The Labute approximate surface area is 119 Å². The van der Waals surface area contributed by atoms with E-state index < -0.39 is 0 Å². The monoisotopic (exact) mass is 277 g/mol. The molecule has 2 N–H and O–H groups in total. The maximum absolute atomic E-state index is 6.44. The predicted octanol–water partition coefficient (Wildman–Crippen LogP) is 1.65. The van der Waals surface area contributed by atoms with Gasteiger partial charge >= 0.3 is 0 Å². The molecule has 0 saturated carbocycles. The molecule has 0 aromatic carbocycles. The molecule has 6 heteroatoms. The molecule has 0 aliphatic heterocycles. The number of hydrogen-bond acceptors (Lipinski definition) is 4. The van der Waals surface area contributed by atoms with Crippen LogP contribution < -0.4 is 10.5 Å². The molecule has 2 rings (SSSR count). The lowest BCUT2D eigenvalue weighted by Gasteiger charge is -2.15. The Bertz CT molecular complexity index is 572. The SMILES string of the molecule is CCCn1ncc(OC)c1C(N)c1cc(CC)nn1C. The number of hydrogen-bond donors (Lipinski definition) is 1. The van der Waals surface area contributed by atoms with Crippen molar-refractivity contribution in [3.8, 4) is 5.75 Å². The van der Waals surface area contributed by atoms with E-state index in [0.29, 0.717) is 0 Å². The maximum Gasteiger partial charge on any atom is 0.161 e. The second kappa shape index (κ2) is 6.09. The number of methoxy groups -OCH3 is 1. The molecule has 2 heterocycles. The van der Waals surface area contributed by atoms with E-state index in [1.807, 2.05) is 22.5 Å². The molecule has 20 heavy (non-hydrogen) atoms. The number of aryl methyl sites for hydroxylation is 3. The van der Waals surface area contributed by atoms with Crippen LogP contribution in [0.2, 0.25) is 0 Å². The summed E-state index contributed by atoms with van der Waals surface area (Å²) in [7, 11) is 3.56. The summed E-state index contributed by atoms with van der Waals surface area (Å²) in [5.41, 5.74) is 9.35. The Morgan fingerprint density at radius 3 is 2.70 bits per heavy atom. The van der Waals surface area contributed by atoms with Gasteiger partial charge in [0.05, 0.1) is 30.7 Å². The van der Waals surface area contributed by atoms with Crippen molar-refractivity contribution in [2.24, 2.45) is 12.8 Å². The van der Waals surface area contributed by atoms with Crippen LogP contribution in [0.5, 0.6) is 5.75 Å². The fourth-order valence-electron chi connectivity index (χ4n) is 2.39. The molecule has 1 unspecified atom stereocenters. The lowest BCUT2D eigenvalue weighted by Crippen LogP contribution is -2.21. The van der Waals surface area contributed by atoms with E-state index in [2.05, 4.69) is 24.0 Å². The van der Waals surface area contributed by atoms with Crippen LogP contribution in [0.15, 0.2) is 12.3 Å². The number of ether oxygens (including phenoxy) is 1. The molecule has 1 atom stereocenters. The van der Waals surface area contributed by atoms with Gasteiger partial charge in [0, 0.05) is 13.6 Å². The minimum Gasteiger partial charge on any atom is -0.493 e. The zero-order chi connectivity index (χ0) is 14.7. The molecule has 0 bridgehead atoms. The first-order valence-corrected chi connectivity index (χ1v) is 7.00. The number of aromatic nitrogens is 4. The molecule has 0 spiro atoms. The summed E-state index contributed by atoms with van der Waals surface area (Å²) < 4.78 is 9.15. The normalized spacial score (nSPS) is 12.7. The molecule has 0 fully saturated rings. The van der Waals surface area contributed by atoms with Gasteiger partial charge in [-0.25, -0.2) is 0 Å². The first-order chi connectivity index (χ1) is 9.62. The molecule has 0 amide bonds. The van der Waals surface area contributed by atoms with Gasteiger partial charge in [0.25, 0.3) is 0 Å². The summed E-state index contributed by atoms with van der Waals surface area (Å²) in [6, 6.07) is 1.75. The van der Waals surface area contributed by atoms with E-state index in [4.69, 9.17) is 10.5 Å². The average molecular weight is 277 g/mol. The van der Waals surface area contributed by atoms with Gasteiger partial charge in [-0.1, -0.05) is 13.8 Å². The molecule has 2 aromatic heterocycles. The van der Waals surface area contributed by atoms with Gasteiger partial charge in [0.2, 0.25) is 0 Å². The fraction of sp³-hybridized carbons (Fsp3) is 0.571. The molecule has 6 nitrogen and oxygen atoms in total. The Morgan fingerprint density at radius 2 is 2.15 bits per heavy atom. The second-order valence-electron chi connectivity index (χ2n) is 4.84. The number of nitrogens with zero attached hydrogens (tertiary/aromatic N) is 4. The van der Waals surface area contributed by atoms with Crippen LogP contribution in [-0.4, -0.2) is 26.7 Å². The average Bonchev–Trinajstić information content (AvgIpc) is 3.02. The Kier molecular flexibility index (Phi) is 4.44. The predicted molar refractivity (Wildman–Crippen MR) is 77.7 cm³/mol. The van der Waals surface area contributed by atoms with Gasteiger partial charge in [-0.05, 0) is 18.9 Å². The van der Waals surface area contributed by atoms with Crippen molar-refractivity contribution in [1.29, 1.82) is 0 Å². The van der Waals surface area contributed by atoms with Crippen LogP contribution >= 0.6 is 0 Å². The molecular formula is C14H23N5O. The number of nitrogens with two attached hydrogens (primary N) is 1. The van der Waals surface area contributed by atoms with E-state index >= 15 is 0 Å². The Balaban J connectivity index is 2.43. The zero-order valence-electron chi connectivity index (χ0n) is 12.6. The molecule has 0 aliphatic carbocycles. The summed E-state index contributed by atoms with van der Waals surface area (Å²) in [5.74, 6) is 0.727. The largest absolute Gasteiger partial charge is 0.493 e. The summed E-state index contributed by atoms with van der Waals surface area (Å²) in [6.45, 7) is 5.02. The number of rotatable bonds is 6. The molecule has 110 valence electrons. The van der Waals surface area contributed by atoms with Gasteiger partial charge < -0.3 is 10.5 Å². The molecule has 0 aliphatic rings. The first-order valence-electron chi connectivity index (χ1n) is 7.00. The third-order valence-electron chi connectivity index (χ3n) is 3.44. The third-order valence-corrected chi connectivity index (χ3v) is 3.44. The standard InChI is InChI=1S/C14H23N5O/c1-5-7-19-14(12(20-4)9-16-19)13(15)11-8-10(6-2)17-18(11)3/h8-9,13H,5-7,15H2,1-4H3. The zero-order valence-corrected chi connectivity index (χ0v) is 12.6. The smallest absolute Gasteiger partial charge is 0.161 e. The van der Waals surface area contributed by atoms with E-state index in [-0.39, 0.29) is 6.04 Å². The lowest BCUT2D eigenvalue weighted by atomic mass is 10.1. The highest BCUT2D eigenvalue weighted by Gasteiger charge is 2.23. The first kappa shape index (κ1) is 14.6. The van der Waals surface area contributed by atoms with Crippen LogP contribution in [-0.2, 0) is 20.0 Å². The fourth-order valence-corrected chi connectivity index (χ4v) is 2.39. The van der Waals surface area contributed by atoms with Crippen molar-refractivity contribution in [1.82, 2.24) is 19.6 Å². The summed E-state index contributed by atoms with van der Waals surface area (Å²) in [4.78, 5) is 0. The van der Waals surface area contributed by atoms with Crippen molar-refractivity contribution >= 4 is 0 Å². The Hall–Kier alpha value is -1.82. The summed E-state index contributed by atoms with van der Waals surface area (Å²) in [5, 5.41) is 8.82. The van der Waals surface area contributed by atoms with Gasteiger partial charge in [0.1, 0.15) is 5.69 Å². The van der Waals surface area contributed by atoms with Gasteiger partial charge in [0.15, 0.2) is 5.75 Å². The molecular weight excluding hydrogens is 254 g/mol. The molecule has 0 saturated heterocycles. The Morgan fingerprint density at radius 1 is 1.40 bits per heavy atom. The maximum atomic E-state index is 6.44. The van der Waals surface area contributed by atoms with Crippen molar-refractivity contribution in [2.45, 2.75) is 39.3 Å². The van der Waals surface area contributed by atoms with Crippen molar-refractivity contribution in [3.63, 3.8) is 0 Å². The van der Waals surface area contributed by atoms with Crippen molar-refractivity contribution < 1.29 is 4.74 Å². The second-order valence-corrected chi connectivity index (χ2v) is 4.84. The van der Waals surface area contributed by atoms with Crippen molar-refractivity contribution in [3.05, 3.63) is 29.3 Å². The van der Waals surface area contributed by atoms with E-state index in [0.717, 1.165) is 42.2 Å². The van der Waals surface area contributed by atoms with Gasteiger partial charge in [-0.3, -0.25) is 9.36 Å².